The minimum absolute atomic E-state index is 0.0411. The maximum atomic E-state index is 12.0. The molecule has 0 heterocycles. The average molecular weight is 371 g/mol. The minimum Gasteiger partial charge on any atom is -0.435 e. The van der Waals surface area contributed by atoms with Crippen LogP contribution < -0.4 is 15.4 Å². The zero-order valence-corrected chi connectivity index (χ0v) is 12.9. The summed E-state index contributed by atoms with van der Waals surface area (Å²) >= 11 is 3.37. The third-order valence-corrected chi connectivity index (χ3v) is 3.37. The monoisotopic (exact) mass is 370 g/mol. The Morgan fingerprint density at radius 3 is 2.45 bits per heavy atom. The van der Waals surface area contributed by atoms with Gasteiger partial charge in [-0.3, -0.25) is 4.79 Å². The van der Waals surface area contributed by atoms with Crippen LogP contribution in [0.5, 0.6) is 5.75 Å². The summed E-state index contributed by atoms with van der Waals surface area (Å²) in [5.74, 6) is -0.211. The van der Waals surface area contributed by atoms with Crippen LogP contribution in [-0.2, 0) is 4.79 Å². The van der Waals surface area contributed by atoms with Crippen LogP contribution in [0.3, 0.4) is 0 Å². The SMILES string of the molecule is O=C(CNc1ccccc1Br)Nc1ccc(OC(F)F)cc1. The largest absolute Gasteiger partial charge is 0.435 e. The molecule has 0 aliphatic rings. The van der Waals surface area contributed by atoms with Crippen LogP contribution in [0.2, 0.25) is 0 Å². The number of nitrogens with one attached hydrogen (secondary N) is 2. The fraction of sp³-hybridized carbons (Fsp3) is 0.133. The lowest BCUT2D eigenvalue weighted by Gasteiger charge is -2.10. The van der Waals surface area contributed by atoms with E-state index in [1.54, 1.807) is 0 Å². The van der Waals surface area contributed by atoms with Gasteiger partial charge in [-0.1, -0.05) is 12.1 Å². The number of halogens is 3. The van der Waals surface area contributed by atoms with Gasteiger partial charge in [0, 0.05) is 15.8 Å². The van der Waals surface area contributed by atoms with E-state index in [1.165, 1.54) is 24.3 Å². The molecule has 22 heavy (non-hydrogen) atoms. The molecule has 2 rings (SSSR count). The van der Waals surface area contributed by atoms with Crippen molar-refractivity contribution in [2.24, 2.45) is 0 Å². The molecule has 0 bridgehead atoms. The van der Waals surface area contributed by atoms with Crippen molar-refractivity contribution < 1.29 is 18.3 Å². The van der Waals surface area contributed by atoms with Gasteiger partial charge in [-0.15, -0.1) is 0 Å². The molecule has 0 aromatic heterocycles. The van der Waals surface area contributed by atoms with E-state index in [0.717, 1.165) is 10.2 Å². The van der Waals surface area contributed by atoms with E-state index >= 15 is 0 Å². The molecule has 0 saturated heterocycles. The summed E-state index contributed by atoms with van der Waals surface area (Å²) in [6.07, 6.45) is 0. The number of alkyl halides is 2. The number of benzene rings is 2. The Kier molecular flexibility index (Phi) is 5.71. The minimum atomic E-state index is -2.87. The Balaban J connectivity index is 1.85. The quantitative estimate of drug-likeness (QED) is 0.804. The Morgan fingerprint density at radius 2 is 1.82 bits per heavy atom. The second kappa shape index (κ2) is 7.74. The topological polar surface area (TPSA) is 50.4 Å². The average Bonchev–Trinajstić information content (AvgIpc) is 2.48. The molecule has 116 valence electrons. The normalized spacial score (nSPS) is 10.4. The summed E-state index contributed by atoms with van der Waals surface area (Å²) < 4.78 is 29.1. The molecule has 4 nitrogen and oxygen atoms in total. The number of hydrogen-bond acceptors (Lipinski definition) is 3. The lowest BCUT2D eigenvalue weighted by molar-refractivity contribution is -0.114. The van der Waals surface area contributed by atoms with Gasteiger partial charge < -0.3 is 15.4 Å². The van der Waals surface area contributed by atoms with Crippen LogP contribution >= 0.6 is 15.9 Å². The number of rotatable bonds is 6. The molecule has 2 aromatic carbocycles. The number of carbonyl (C=O) groups excluding carboxylic acids is 1. The van der Waals surface area contributed by atoms with Crippen molar-refractivity contribution in [3.8, 4) is 5.75 Å². The van der Waals surface area contributed by atoms with E-state index in [4.69, 9.17) is 0 Å². The van der Waals surface area contributed by atoms with Crippen molar-refractivity contribution in [2.45, 2.75) is 6.61 Å². The number of para-hydroxylation sites is 1. The van der Waals surface area contributed by atoms with Crippen molar-refractivity contribution in [3.63, 3.8) is 0 Å². The van der Waals surface area contributed by atoms with E-state index in [0.29, 0.717) is 5.69 Å². The van der Waals surface area contributed by atoms with Crippen molar-refractivity contribution in [3.05, 3.63) is 53.0 Å². The summed E-state index contributed by atoms with van der Waals surface area (Å²) in [6.45, 7) is -2.79. The van der Waals surface area contributed by atoms with Gasteiger partial charge in [0.25, 0.3) is 0 Å². The van der Waals surface area contributed by atoms with Crippen LogP contribution in [0.4, 0.5) is 20.2 Å². The number of amides is 1. The first-order valence-corrected chi connectivity index (χ1v) is 7.17. The van der Waals surface area contributed by atoms with Crippen LogP contribution in [0.15, 0.2) is 53.0 Å². The molecule has 0 saturated carbocycles. The predicted molar refractivity (Wildman–Crippen MR) is 84.3 cm³/mol. The molecule has 7 heteroatoms. The molecule has 0 spiro atoms. The van der Waals surface area contributed by atoms with Gasteiger partial charge in [0.05, 0.1) is 6.54 Å². The summed E-state index contributed by atoms with van der Waals surface area (Å²) in [5, 5.41) is 5.64. The van der Waals surface area contributed by atoms with Gasteiger partial charge in [-0.05, 0) is 52.3 Å². The van der Waals surface area contributed by atoms with E-state index in [9.17, 15) is 13.6 Å². The zero-order chi connectivity index (χ0) is 15.9. The van der Waals surface area contributed by atoms with Crippen molar-refractivity contribution in [2.75, 3.05) is 17.2 Å². The standard InChI is InChI=1S/C15H13BrF2N2O2/c16-12-3-1-2-4-13(12)19-9-14(21)20-10-5-7-11(8-6-10)22-15(17)18/h1-8,15,19H,9H2,(H,20,21). The molecular formula is C15H13BrF2N2O2. The van der Waals surface area contributed by atoms with E-state index in [-0.39, 0.29) is 18.2 Å². The van der Waals surface area contributed by atoms with E-state index < -0.39 is 6.61 Å². The molecule has 1 amide bonds. The first-order chi connectivity index (χ1) is 10.5. The summed E-state index contributed by atoms with van der Waals surface area (Å²) in [6, 6.07) is 13.1. The highest BCUT2D eigenvalue weighted by Crippen LogP contribution is 2.21. The van der Waals surface area contributed by atoms with Gasteiger partial charge in [0.1, 0.15) is 5.75 Å². The van der Waals surface area contributed by atoms with Gasteiger partial charge in [-0.2, -0.15) is 8.78 Å². The predicted octanol–water partition coefficient (Wildman–Crippen LogP) is 4.10. The Morgan fingerprint density at radius 1 is 1.14 bits per heavy atom. The second-order valence-corrected chi connectivity index (χ2v) is 5.14. The summed E-state index contributed by atoms with van der Waals surface area (Å²) in [4.78, 5) is 11.8. The van der Waals surface area contributed by atoms with Crippen molar-refractivity contribution in [1.29, 1.82) is 0 Å². The number of carbonyl (C=O) groups is 1. The molecule has 2 N–H and O–H groups in total. The molecular weight excluding hydrogens is 358 g/mol. The van der Waals surface area contributed by atoms with E-state index in [1.807, 2.05) is 24.3 Å². The number of anilines is 2. The molecule has 2 aromatic rings. The van der Waals surface area contributed by atoms with Gasteiger partial charge >= 0.3 is 6.61 Å². The molecule has 0 unspecified atom stereocenters. The molecule has 0 radical (unpaired) electrons. The van der Waals surface area contributed by atoms with Crippen LogP contribution in [0, 0.1) is 0 Å². The Bertz CT molecular complexity index is 636. The lowest BCUT2D eigenvalue weighted by Crippen LogP contribution is -2.21. The molecule has 0 aliphatic heterocycles. The number of ether oxygens (including phenoxy) is 1. The van der Waals surface area contributed by atoms with Crippen molar-refractivity contribution >= 4 is 33.2 Å². The van der Waals surface area contributed by atoms with Crippen molar-refractivity contribution in [1.82, 2.24) is 0 Å². The van der Waals surface area contributed by atoms with Crippen LogP contribution in [0.1, 0.15) is 0 Å². The smallest absolute Gasteiger partial charge is 0.387 e. The fourth-order valence-electron chi connectivity index (χ4n) is 1.70. The third kappa shape index (κ3) is 5.00. The Hall–Kier alpha value is -2.15. The van der Waals surface area contributed by atoms with Gasteiger partial charge in [0.15, 0.2) is 0 Å². The zero-order valence-electron chi connectivity index (χ0n) is 11.4. The fourth-order valence-corrected chi connectivity index (χ4v) is 2.13. The maximum Gasteiger partial charge on any atom is 0.387 e. The highest BCUT2D eigenvalue weighted by molar-refractivity contribution is 9.10. The summed E-state index contributed by atoms with van der Waals surface area (Å²) in [7, 11) is 0. The molecule has 0 aliphatic carbocycles. The highest BCUT2D eigenvalue weighted by Gasteiger charge is 2.06. The first-order valence-electron chi connectivity index (χ1n) is 6.38. The third-order valence-electron chi connectivity index (χ3n) is 2.68. The summed E-state index contributed by atoms with van der Waals surface area (Å²) in [5.41, 5.74) is 1.30. The first kappa shape index (κ1) is 16.2. The Labute approximate surface area is 134 Å². The maximum absolute atomic E-state index is 12.0. The van der Waals surface area contributed by atoms with Crippen LogP contribution in [-0.4, -0.2) is 19.1 Å². The van der Waals surface area contributed by atoms with Crippen LogP contribution in [0.25, 0.3) is 0 Å². The second-order valence-electron chi connectivity index (χ2n) is 4.28. The van der Waals surface area contributed by atoms with E-state index in [2.05, 4.69) is 31.3 Å². The molecule has 0 atom stereocenters. The van der Waals surface area contributed by atoms with Gasteiger partial charge in [-0.25, -0.2) is 0 Å². The number of hydrogen-bond donors (Lipinski definition) is 2. The molecule has 0 fully saturated rings. The lowest BCUT2D eigenvalue weighted by atomic mass is 10.3. The highest BCUT2D eigenvalue weighted by atomic mass is 79.9. The van der Waals surface area contributed by atoms with Gasteiger partial charge in [0.2, 0.25) is 5.91 Å².